The Morgan fingerprint density at radius 1 is 1.25 bits per heavy atom. The molecule has 0 fully saturated rings. The summed E-state index contributed by atoms with van der Waals surface area (Å²) in [6, 6.07) is 9.72. The minimum absolute atomic E-state index is 0.227. The zero-order valence-electron chi connectivity index (χ0n) is 18.3. The second kappa shape index (κ2) is 9.76. The maximum atomic E-state index is 12.0. The van der Waals surface area contributed by atoms with Gasteiger partial charge in [0.15, 0.2) is 5.82 Å². The van der Waals surface area contributed by atoms with Crippen LogP contribution in [0.3, 0.4) is 0 Å². The average molecular weight is 437 g/mol. The molecule has 3 heterocycles. The van der Waals surface area contributed by atoms with Crippen molar-refractivity contribution >= 4 is 11.7 Å². The number of aromatic amines is 1. The fraction of sp³-hybridized carbons (Fsp3) is 0.435. The number of aliphatic carboxylic acids is 1. The van der Waals surface area contributed by atoms with Gasteiger partial charge in [-0.15, -0.1) is 10.2 Å². The maximum Gasteiger partial charge on any atom is 0.307 e. The van der Waals surface area contributed by atoms with Crippen LogP contribution in [0.1, 0.15) is 49.6 Å². The van der Waals surface area contributed by atoms with E-state index >= 15 is 0 Å². The van der Waals surface area contributed by atoms with E-state index < -0.39 is 17.8 Å². The molecule has 1 aliphatic rings. The molecule has 0 aliphatic carbocycles. The van der Waals surface area contributed by atoms with Crippen LogP contribution in [0.15, 0.2) is 36.5 Å². The van der Waals surface area contributed by atoms with Crippen LogP contribution in [0.4, 0.5) is 5.69 Å². The first-order chi connectivity index (χ1) is 15.5. The Labute approximate surface area is 186 Å². The van der Waals surface area contributed by atoms with Crippen LogP contribution in [0.25, 0.3) is 0 Å². The molecular weight excluding hydrogens is 408 g/mol. The smallest absolute Gasteiger partial charge is 0.307 e. The van der Waals surface area contributed by atoms with E-state index in [2.05, 4.69) is 37.0 Å². The number of H-pyrrole nitrogens is 1. The summed E-state index contributed by atoms with van der Waals surface area (Å²) in [5.41, 5.74) is 3.16. The van der Waals surface area contributed by atoms with Gasteiger partial charge in [0.25, 0.3) is 0 Å². The van der Waals surface area contributed by atoms with Gasteiger partial charge in [0.1, 0.15) is 5.75 Å². The van der Waals surface area contributed by atoms with Crippen LogP contribution in [0.5, 0.6) is 11.6 Å². The summed E-state index contributed by atoms with van der Waals surface area (Å²) in [6.45, 7) is 4.99. The van der Waals surface area contributed by atoms with Crippen LogP contribution in [-0.4, -0.2) is 43.2 Å². The quantitative estimate of drug-likeness (QED) is 0.462. The minimum Gasteiger partial charge on any atom is -0.481 e. The molecule has 32 heavy (non-hydrogen) atoms. The number of hydrogen-bond donors (Lipinski definition) is 3. The normalized spacial score (nSPS) is 15.0. The first-order valence-electron chi connectivity index (χ1n) is 11.0. The minimum atomic E-state index is -0.858. The summed E-state index contributed by atoms with van der Waals surface area (Å²) < 4.78 is 6.06. The number of ether oxygens (including phenoxy) is 1. The molecule has 3 aromatic rings. The van der Waals surface area contributed by atoms with Crippen molar-refractivity contribution in [3.63, 3.8) is 0 Å². The van der Waals surface area contributed by atoms with Crippen LogP contribution >= 0.6 is 0 Å². The summed E-state index contributed by atoms with van der Waals surface area (Å²) in [7, 11) is 0. The zero-order valence-corrected chi connectivity index (χ0v) is 18.3. The third kappa shape index (κ3) is 5.04. The predicted octanol–water partition coefficient (Wildman–Crippen LogP) is 3.82. The van der Waals surface area contributed by atoms with E-state index in [4.69, 9.17) is 4.74 Å². The summed E-state index contributed by atoms with van der Waals surface area (Å²) in [5.74, 6) is 0.0564. The second-order valence-corrected chi connectivity index (χ2v) is 8.57. The molecule has 2 atom stereocenters. The SMILES string of the molecule is CC(C)C[C@H](C(=O)O)[C@H](Cc1ccc(Oc2cccc3c2CCCN3)nc1)c1nn[nH]n1. The van der Waals surface area contributed by atoms with Gasteiger partial charge in [0.2, 0.25) is 5.88 Å². The standard InChI is InChI=1S/C23H28N6O3/c1-14(2)11-18(23(30)31)17(22-26-28-29-27-22)12-15-8-9-21(25-13-15)32-20-7-3-6-19-16(20)5-4-10-24-19/h3,6-9,13-14,17-18,24H,4-5,10-12H2,1-2H3,(H,30,31)(H,26,27,28,29)/t17-,18-/m0/s1. The third-order valence-electron chi connectivity index (χ3n) is 5.74. The second-order valence-electron chi connectivity index (χ2n) is 8.57. The molecule has 4 rings (SSSR count). The highest BCUT2D eigenvalue weighted by molar-refractivity contribution is 5.71. The number of carboxylic acid groups (broad SMARTS) is 1. The predicted molar refractivity (Wildman–Crippen MR) is 119 cm³/mol. The molecule has 0 spiro atoms. The number of fused-ring (bicyclic) bond motifs is 1. The summed E-state index contributed by atoms with van der Waals surface area (Å²) in [6.07, 6.45) is 4.73. The van der Waals surface area contributed by atoms with E-state index in [0.29, 0.717) is 24.5 Å². The Hall–Kier alpha value is -3.49. The monoisotopic (exact) mass is 436 g/mol. The molecule has 1 aliphatic heterocycles. The average Bonchev–Trinajstić information content (AvgIpc) is 3.32. The Morgan fingerprint density at radius 2 is 2.12 bits per heavy atom. The molecular formula is C23H28N6O3. The summed E-state index contributed by atoms with van der Waals surface area (Å²) >= 11 is 0. The van der Waals surface area contributed by atoms with E-state index in [-0.39, 0.29) is 5.92 Å². The van der Waals surface area contributed by atoms with E-state index in [1.807, 2.05) is 38.1 Å². The largest absolute Gasteiger partial charge is 0.481 e. The molecule has 0 saturated carbocycles. The van der Waals surface area contributed by atoms with Gasteiger partial charge in [0.05, 0.1) is 5.92 Å². The Bertz CT molecular complexity index is 1040. The van der Waals surface area contributed by atoms with E-state index in [1.54, 1.807) is 6.20 Å². The summed E-state index contributed by atoms with van der Waals surface area (Å²) in [5, 5.41) is 27.5. The number of tetrazole rings is 1. The molecule has 9 nitrogen and oxygen atoms in total. The van der Waals surface area contributed by atoms with Gasteiger partial charge in [0, 0.05) is 36.0 Å². The number of carboxylic acids is 1. The lowest BCUT2D eigenvalue weighted by atomic mass is 9.81. The number of benzene rings is 1. The van der Waals surface area contributed by atoms with Crippen molar-refractivity contribution in [2.75, 3.05) is 11.9 Å². The van der Waals surface area contributed by atoms with Gasteiger partial charge in [-0.1, -0.05) is 31.2 Å². The van der Waals surface area contributed by atoms with Crippen LogP contribution in [0, 0.1) is 11.8 Å². The molecule has 0 amide bonds. The van der Waals surface area contributed by atoms with Crippen molar-refractivity contribution in [2.45, 2.75) is 45.4 Å². The Kier molecular flexibility index (Phi) is 6.63. The molecule has 1 aromatic carbocycles. The topological polar surface area (TPSA) is 126 Å². The van der Waals surface area contributed by atoms with Gasteiger partial charge >= 0.3 is 5.97 Å². The fourth-order valence-electron chi connectivity index (χ4n) is 4.22. The molecule has 0 unspecified atom stereocenters. The van der Waals surface area contributed by atoms with Gasteiger partial charge in [-0.05, 0) is 49.3 Å². The lowest BCUT2D eigenvalue weighted by Crippen LogP contribution is -2.26. The van der Waals surface area contributed by atoms with Crippen LogP contribution in [-0.2, 0) is 17.6 Å². The summed E-state index contributed by atoms with van der Waals surface area (Å²) in [4.78, 5) is 16.5. The Balaban J connectivity index is 1.52. The highest BCUT2D eigenvalue weighted by Gasteiger charge is 2.33. The third-order valence-corrected chi connectivity index (χ3v) is 5.74. The fourth-order valence-corrected chi connectivity index (χ4v) is 4.22. The van der Waals surface area contributed by atoms with Crippen molar-refractivity contribution in [3.8, 4) is 11.6 Å². The molecule has 168 valence electrons. The van der Waals surface area contributed by atoms with E-state index in [1.165, 1.54) is 5.56 Å². The van der Waals surface area contributed by atoms with Crippen LogP contribution < -0.4 is 10.1 Å². The van der Waals surface area contributed by atoms with Crippen molar-refractivity contribution in [1.29, 1.82) is 0 Å². The number of nitrogens with zero attached hydrogens (tertiary/aromatic N) is 4. The van der Waals surface area contributed by atoms with Gasteiger partial charge in [-0.2, -0.15) is 5.21 Å². The van der Waals surface area contributed by atoms with Gasteiger partial charge < -0.3 is 15.2 Å². The lowest BCUT2D eigenvalue weighted by molar-refractivity contribution is -0.143. The van der Waals surface area contributed by atoms with Crippen molar-refractivity contribution < 1.29 is 14.6 Å². The van der Waals surface area contributed by atoms with Crippen molar-refractivity contribution in [3.05, 3.63) is 53.5 Å². The number of aromatic nitrogens is 5. The van der Waals surface area contributed by atoms with Crippen molar-refractivity contribution in [2.24, 2.45) is 11.8 Å². The molecule has 3 N–H and O–H groups in total. The maximum absolute atomic E-state index is 12.0. The first kappa shape index (κ1) is 21.7. The number of anilines is 1. The number of hydrogen-bond acceptors (Lipinski definition) is 7. The lowest BCUT2D eigenvalue weighted by Gasteiger charge is -2.23. The van der Waals surface area contributed by atoms with Crippen LogP contribution in [0.2, 0.25) is 0 Å². The first-order valence-corrected chi connectivity index (χ1v) is 11.0. The van der Waals surface area contributed by atoms with Crippen molar-refractivity contribution in [1.82, 2.24) is 25.6 Å². The number of pyridine rings is 1. The molecule has 0 saturated heterocycles. The van der Waals surface area contributed by atoms with E-state index in [9.17, 15) is 9.90 Å². The number of nitrogens with one attached hydrogen (secondary N) is 2. The Morgan fingerprint density at radius 3 is 2.81 bits per heavy atom. The molecule has 0 radical (unpaired) electrons. The molecule has 9 heteroatoms. The molecule has 2 aromatic heterocycles. The van der Waals surface area contributed by atoms with Gasteiger partial charge in [-0.3, -0.25) is 4.79 Å². The van der Waals surface area contributed by atoms with E-state index in [0.717, 1.165) is 36.4 Å². The molecule has 0 bridgehead atoms. The zero-order chi connectivity index (χ0) is 22.5. The number of rotatable bonds is 9. The highest BCUT2D eigenvalue weighted by Crippen LogP contribution is 2.34. The highest BCUT2D eigenvalue weighted by atomic mass is 16.5. The number of carbonyl (C=O) groups is 1. The van der Waals surface area contributed by atoms with Gasteiger partial charge in [-0.25, -0.2) is 4.98 Å².